The Morgan fingerprint density at radius 1 is 1.30 bits per heavy atom. The number of aromatic nitrogens is 1. The fourth-order valence-corrected chi connectivity index (χ4v) is 2.05. The fourth-order valence-electron chi connectivity index (χ4n) is 2.05. The Hall–Kier alpha value is -2.07. The van der Waals surface area contributed by atoms with Gasteiger partial charge in [0.05, 0.1) is 19.3 Å². The van der Waals surface area contributed by atoms with Crippen LogP contribution in [0, 0.1) is 0 Å². The number of benzene rings is 1. The Balaban J connectivity index is 2.39. The minimum absolute atomic E-state index is 0.0580. The summed E-state index contributed by atoms with van der Waals surface area (Å²) >= 11 is 0. The molecule has 1 aromatic carbocycles. The monoisotopic (exact) mass is 273 g/mol. The molecule has 0 fully saturated rings. The van der Waals surface area contributed by atoms with Crippen molar-refractivity contribution in [3.05, 3.63) is 64.1 Å². The normalized spacial score (nSPS) is 12.2. The van der Waals surface area contributed by atoms with Gasteiger partial charge >= 0.3 is 0 Å². The molecule has 0 saturated carbocycles. The lowest BCUT2D eigenvalue weighted by Gasteiger charge is -2.14. The van der Waals surface area contributed by atoms with E-state index in [4.69, 9.17) is 4.74 Å². The first-order valence-corrected chi connectivity index (χ1v) is 6.71. The van der Waals surface area contributed by atoms with Crippen LogP contribution in [0.4, 0.5) is 0 Å². The Bertz CT molecular complexity index is 632. The van der Waals surface area contributed by atoms with Gasteiger partial charge < -0.3 is 14.4 Å². The van der Waals surface area contributed by atoms with Crippen molar-refractivity contribution in [1.82, 2.24) is 4.57 Å². The number of aliphatic hydroxyl groups is 1. The van der Waals surface area contributed by atoms with E-state index in [2.05, 4.69) is 0 Å². The standard InChI is InChI=1S/C16H19NO3/c1-3-20-15-8-7-13(12(2)18)10-14(15)11-17-9-5-4-6-16(17)19/h4-10,12,18H,3,11H2,1-2H3. The van der Waals surface area contributed by atoms with Crippen molar-refractivity contribution in [2.24, 2.45) is 0 Å². The van der Waals surface area contributed by atoms with Crippen LogP contribution in [0.25, 0.3) is 0 Å². The Labute approximate surface area is 118 Å². The molecule has 4 heteroatoms. The van der Waals surface area contributed by atoms with E-state index in [0.717, 1.165) is 16.9 Å². The van der Waals surface area contributed by atoms with Crippen molar-refractivity contribution in [2.75, 3.05) is 6.61 Å². The van der Waals surface area contributed by atoms with Crippen molar-refractivity contribution >= 4 is 0 Å². The largest absolute Gasteiger partial charge is 0.494 e. The van der Waals surface area contributed by atoms with E-state index in [1.54, 1.807) is 23.8 Å². The summed E-state index contributed by atoms with van der Waals surface area (Å²) in [5, 5.41) is 9.68. The van der Waals surface area contributed by atoms with Crippen LogP contribution < -0.4 is 10.3 Å². The fraction of sp³-hybridized carbons (Fsp3) is 0.312. The number of hydrogen-bond donors (Lipinski definition) is 1. The van der Waals surface area contributed by atoms with Crippen LogP contribution >= 0.6 is 0 Å². The third-order valence-electron chi connectivity index (χ3n) is 3.11. The smallest absolute Gasteiger partial charge is 0.250 e. The molecule has 0 aliphatic carbocycles. The molecule has 1 heterocycles. The zero-order valence-corrected chi connectivity index (χ0v) is 11.7. The highest BCUT2D eigenvalue weighted by atomic mass is 16.5. The summed E-state index contributed by atoms with van der Waals surface area (Å²) in [6, 6.07) is 10.6. The molecule has 1 aromatic heterocycles. The maximum atomic E-state index is 11.8. The second-order valence-corrected chi connectivity index (χ2v) is 4.64. The molecule has 20 heavy (non-hydrogen) atoms. The summed E-state index contributed by atoms with van der Waals surface area (Å²) in [4.78, 5) is 11.8. The predicted molar refractivity (Wildman–Crippen MR) is 78.0 cm³/mol. The van der Waals surface area contributed by atoms with Gasteiger partial charge in [0.1, 0.15) is 5.75 Å². The van der Waals surface area contributed by atoms with Crippen LogP contribution in [0.2, 0.25) is 0 Å². The average Bonchev–Trinajstić information content (AvgIpc) is 2.43. The van der Waals surface area contributed by atoms with Crippen molar-refractivity contribution in [1.29, 1.82) is 0 Å². The quantitative estimate of drug-likeness (QED) is 0.909. The van der Waals surface area contributed by atoms with Gasteiger partial charge in [0, 0.05) is 17.8 Å². The summed E-state index contributed by atoms with van der Waals surface area (Å²) in [6.07, 6.45) is 1.20. The first-order chi connectivity index (χ1) is 9.61. The van der Waals surface area contributed by atoms with Crippen LogP contribution in [0.5, 0.6) is 5.75 Å². The highest BCUT2D eigenvalue weighted by Crippen LogP contribution is 2.24. The topological polar surface area (TPSA) is 51.5 Å². The summed E-state index contributed by atoms with van der Waals surface area (Å²) in [6.45, 7) is 4.62. The van der Waals surface area contributed by atoms with Crippen LogP contribution in [0.3, 0.4) is 0 Å². The van der Waals surface area contributed by atoms with Crippen LogP contribution in [-0.2, 0) is 6.54 Å². The lowest BCUT2D eigenvalue weighted by atomic mass is 10.1. The van der Waals surface area contributed by atoms with Crippen molar-refractivity contribution in [3.8, 4) is 5.75 Å². The van der Waals surface area contributed by atoms with Gasteiger partial charge in [0.15, 0.2) is 0 Å². The van der Waals surface area contributed by atoms with Crippen LogP contribution in [0.15, 0.2) is 47.4 Å². The van der Waals surface area contributed by atoms with E-state index in [-0.39, 0.29) is 5.56 Å². The predicted octanol–water partition coefficient (Wildman–Crippen LogP) is 2.35. The summed E-state index contributed by atoms with van der Waals surface area (Å²) in [5.74, 6) is 0.743. The molecule has 4 nitrogen and oxygen atoms in total. The van der Waals surface area contributed by atoms with E-state index < -0.39 is 6.10 Å². The molecule has 0 saturated heterocycles. The molecule has 1 atom stereocenters. The second-order valence-electron chi connectivity index (χ2n) is 4.64. The van der Waals surface area contributed by atoms with Crippen LogP contribution in [-0.4, -0.2) is 16.3 Å². The van der Waals surface area contributed by atoms with Gasteiger partial charge in [-0.15, -0.1) is 0 Å². The number of hydrogen-bond acceptors (Lipinski definition) is 3. The SMILES string of the molecule is CCOc1ccc(C(C)O)cc1Cn1ccccc1=O. The van der Waals surface area contributed by atoms with Gasteiger partial charge in [0.2, 0.25) is 0 Å². The van der Waals surface area contributed by atoms with E-state index >= 15 is 0 Å². The molecule has 0 bridgehead atoms. The molecule has 2 aromatic rings. The average molecular weight is 273 g/mol. The molecule has 2 rings (SSSR count). The zero-order chi connectivity index (χ0) is 14.5. The third-order valence-corrected chi connectivity index (χ3v) is 3.11. The summed E-state index contributed by atoms with van der Waals surface area (Å²) < 4.78 is 7.20. The molecule has 106 valence electrons. The van der Waals surface area contributed by atoms with E-state index in [0.29, 0.717) is 13.2 Å². The lowest BCUT2D eigenvalue weighted by molar-refractivity contribution is 0.199. The first kappa shape index (κ1) is 14.3. The molecule has 0 spiro atoms. The molecule has 0 aliphatic rings. The lowest BCUT2D eigenvalue weighted by Crippen LogP contribution is -2.19. The van der Waals surface area contributed by atoms with Crippen molar-refractivity contribution in [3.63, 3.8) is 0 Å². The third kappa shape index (κ3) is 3.27. The maximum absolute atomic E-state index is 11.8. The van der Waals surface area contributed by atoms with Gasteiger partial charge in [-0.2, -0.15) is 0 Å². The Kier molecular flexibility index (Phi) is 4.58. The highest BCUT2D eigenvalue weighted by Gasteiger charge is 2.09. The van der Waals surface area contributed by atoms with Gasteiger partial charge in [-0.05, 0) is 37.6 Å². The molecule has 0 radical (unpaired) electrons. The van der Waals surface area contributed by atoms with E-state index in [1.807, 2.05) is 31.2 Å². The Morgan fingerprint density at radius 3 is 2.75 bits per heavy atom. The minimum Gasteiger partial charge on any atom is -0.494 e. The first-order valence-electron chi connectivity index (χ1n) is 6.71. The maximum Gasteiger partial charge on any atom is 0.250 e. The number of aliphatic hydroxyl groups excluding tert-OH is 1. The number of nitrogens with zero attached hydrogens (tertiary/aromatic N) is 1. The van der Waals surface area contributed by atoms with Crippen molar-refractivity contribution < 1.29 is 9.84 Å². The number of ether oxygens (including phenoxy) is 1. The molecular weight excluding hydrogens is 254 g/mol. The molecule has 0 aliphatic heterocycles. The van der Waals surface area contributed by atoms with E-state index in [9.17, 15) is 9.90 Å². The summed E-state index contributed by atoms with van der Waals surface area (Å²) in [7, 11) is 0. The van der Waals surface area contributed by atoms with Crippen LogP contribution in [0.1, 0.15) is 31.1 Å². The minimum atomic E-state index is -0.545. The zero-order valence-electron chi connectivity index (χ0n) is 11.7. The number of pyridine rings is 1. The van der Waals surface area contributed by atoms with Gasteiger partial charge in [-0.25, -0.2) is 0 Å². The van der Waals surface area contributed by atoms with Gasteiger partial charge in [-0.3, -0.25) is 4.79 Å². The molecule has 1 unspecified atom stereocenters. The number of rotatable bonds is 5. The van der Waals surface area contributed by atoms with Gasteiger partial charge in [0.25, 0.3) is 5.56 Å². The second kappa shape index (κ2) is 6.39. The highest BCUT2D eigenvalue weighted by molar-refractivity contribution is 5.38. The summed E-state index contributed by atoms with van der Waals surface area (Å²) in [5.41, 5.74) is 1.64. The molecule has 1 N–H and O–H groups in total. The van der Waals surface area contributed by atoms with Gasteiger partial charge in [-0.1, -0.05) is 12.1 Å². The van der Waals surface area contributed by atoms with Crippen molar-refractivity contribution in [2.45, 2.75) is 26.5 Å². The molecular formula is C16H19NO3. The Morgan fingerprint density at radius 2 is 2.10 bits per heavy atom. The molecule has 0 amide bonds. The van der Waals surface area contributed by atoms with E-state index in [1.165, 1.54) is 6.07 Å².